The van der Waals surface area contributed by atoms with Gasteiger partial charge in [-0.25, -0.2) is 4.79 Å². The lowest BCUT2D eigenvalue weighted by Crippen LogP contribution is -2.36. The molecule has 1 fully saturated rings. The highest BCUT2D eigenvalue weighted by atomic mass is 16.5. The third kappa shape index (κ3) is 3.67. The molecule has 28 heavy (non-hydrogen) atoms. The van der Waals surface area contributed by atoms with E-state index in [-0.39, 0.29) is 30.4 Å². The minimum absolute atomic E-state index is 0.0834. The van der Waals surface area contributed by atoms with Gasteiger partial charge in [-0.3, -0.25) is 9.69 Å². The van der Waals surface area contributed by atoms with E-state index in [1.54, 1.807) is 26.2 Å². The molecule has 0 spiro atoms. The first kappa shape index (κ1) is 19.7. The SMILES string of the molecule is COc1ccc(CCC(=O)N2C(=O)N(C)[C@H](C)[C@@H]2c2ccccc2)cc1OC. The quantitative estimate of drug-likeness (QED) is 0.765. The van der Waals surface area contributed by atoms with Crippen molar-refractivity contribution in [2.75, 3.05) is 21.3 Å². The first-order chi connectivity index (χ1) is 13.5. The van der Waals surface area contributed by atoms with Gasteiger partial charge in [0.25, 0.3) is 0 Å². The van der Waals surface area contributed by atoms with Crippen molar-refractivity contribution in [2.24, 2.45) is 0 Å². The number of aryl methyl sites for hydroxylation is 1. The van der Waals surface area contributed by atoms with Gasteiger partial charge in [0.1, 0.15) is 0 Å². The van der Waals surface area contributed by atoms with E-state index in [0.717, 1.165) is 11.1 Å². The zero-order chi connectivity index (χ0) is 20.3. The summed E-state index contributed by atoms with van der Waals surface area (Å²) >= 11 is 0. The second-order valence-corrected chi connectivity index (χ2v) is 6.94. The van der Waals surface area contributed by atoms with E-state index in [0.29, 0.717) is 17.9 Å². The van der Waals surface area contributed by atoms with Crippen LogP contribution in [0.1, 0.15) is 30.5 Å². The number of ether oxygens (including phenoxy) is 2. The second kappa shape index (κ2) is 8.33. The Bertz CT molecular complexity index is 853. The first-order valence-electron chi connectivity index (χ1n) is 9.32. The number of likely N-dealkylation sites (N-methyl/N-ethyl adjacent to an activating group) is 1. The Morgan fingerprint density at radius 2 is 1.71 bits per heavy atom. The molecule has 0 unspecified atom stereocenters. The molecule has 1 saturated heterocycles. The van der Waals surface area contributed by atoms with E-state index < -0.39 is 0 Å². The van der Waals surface area contributed by atoms with Gasteiger partial charge < -0.3 is 14.4 Å². The topological polar surface area (TPSA) is 59.1 Å². The summed E-state index contributed by atoms with van der Waals surface area (Å²) in [5.41, 5.74) is 1.92. The van der Waals surface area contributed by atoms with Crippen molar-refractivity contribution >= 4 is 11.9 Å². The predicted molar refractivity (Wildman–Crippen MR) is 107 cm³/mol. The zero-order valence-electron chi connectivity index (χ0n) is 16.7. The van der Waals surface area contributed by atoms with Crippen LogP contribution < -0.4 is 9.47 Å². The van der Waals surface area contributed by atoms with Crippen LogP contribution in [-0.2, 0) is 11.2 Å². The molecular formula is C22H26N2O4. The van der Waals surface area contributed by atoms with Crippen LogP contribution in [0, 0.1) is 0 Å². The van der Waals surface area contributed by atoms with Gasteiger partial charge in [0.15, 0.2) is 11.5 Å². The summed E-state index contributed by atoms with van der Waals surface area (Å²) in [5.74, 6) is 1.09. The summed E-state index contributed by atoms with van der Waals surface area (Å²) in [6, 6.07) is 14.7. The van der Waals surface area contributed by atoms with Crippen molar-refractivity contribution < 1.29 is 19.1 Å². The van der Waals surface area contributed by atoms with Crippen LogP contribution in [0.15, 0.2) is 48.5 Å². The van der Waals surface area contributed by atoms with Gasteiger partial charge in [0.05, 0.1) is 26.3 Å². The molecular weight excluding hydrogens is 356 g/mol. The van der Waals surface area contributed by atoms with E-state index in [1.165, 1.54) is 4.90 Å². The molecule has 148 valence electrons. The van der Waals surface area contributed by atoms with Gasteiger partial charge in [-0.2, -0.15) is 0 Å². The fourth-order valence-electron chi connectivity index (χ4n) is 3.64. The van der Waals surface area contributed by atoms with Crippen molar-refractivity contribution in [2.45, 2.75) is 31.8 Å². The maximum absolute atomic E-state index is 13.0. The normalized spacial score (nSPS) is 19.1. The summed E-state index contributed by atoms with van der Waals surface area (Å²) in [4.78, 5) is 28.8. The molecule has 2 aromatic carbocycles. The van der Waals surface area contributed by atoms with Crippen molar-refractivity contribution in [3.05, 3.63) is 59.7 Å². The number of nitrogens with zero attached hydrogens (tertiary/aromatic N) is 2. The van der Waals surface area contributed by atoms with Crippen molar-refractivity contribution in [1.29, 1.82) is 0 Å². The smallest absolute Gasteiger partial charge is 0.327 e. The molecule has 1 aliphatic heterocycles. The first-order valence-corrected chi connectivity index (χ1v) is 9.32. The van der Waals surface area contributed by atoms with E-state index in [4.69, 9.17) is 9.47 Å². The summed E-state index contributed by atoms with van der Waals surface area (Å²) in [6.07, 6.45) is 0.758. The lowest BCUT2D eigenvalue weighted by atomic mass is 9.99. The standard InChI is InChI=1S/C22H26N2O4/c1-15-21(17-8-6-5-7-9-17)24(22(26)23(15)2)20(25)13-11-16-10-12-18(27-3)19(14-16)28-4/h5-10,12,14-15,21H,11,13H2,1-4H3/t15-,21-/m1/s1. The van der Waals surface area contributed by atoms with Crippen molar-refractivity contribution in [3.8, 4) is 11.5 Å². The fourth-order valence-corrected chi connectivity index (χ4v) is 3.64. The molecule has 3 amide bonds. The molecule has 3 rings (SSSR count). The van der Waals surface area contributed by atoms with Gasteiger partial charge in [-0.1, -0.05) is 36.4 Å². The number of amides is 3. The summed E-state index contributed by atoms with van der Waals surface area (Å²) < 4.78 is 10.6. The summed E-state index contributed by atoms with van der Waals surface area (Å²) in [7, 11) is 4.91. The van der Waals surface area contributed by atoms with Crippen LogP contribution >= 0.6 is 0 Å². The van der Waals surface area contributed by atoms with Crippen molar-refractivity contribution in [1.82, 2.24) is 9.80 Å². The van der Waals surface area contributed by atoms with Crippen molar-refractivity contribution in [3.63, 3.8) is 0 Å². The molecule has 0 aliphatic carbocycles. The van der Waals surface area contributed by atoms with E-state index in [2.05, 4.69) is 0 Å². The maximum Gasteiger partial charge on any atom is 0.327 e. The number of carbonyl (C=O) groups excluding carboxylic acids is 2. The third-order valence-corrected chi connectivity index (χ3v) is 5.34. The Balaban J connectivity index is 1.77. The molecule has 0 radical (unpaired) electrons. The molecule has 0 bridgehead atoms. The van der Waals surface area contributed by atoms with Crippen LogP contribution in [0.5, 0.6) is 11.5 Å². The average molecular weight is 382 g/mol. The van der Waals surface area contributed by atoms with Crippen LogP contribution in [-0.4, -0.2) is 49.0 Å². The molecule has 2 atom stereocenters. The molecule has 1 aliphatic rings. The van der Waals surface area contributed by atoms with E-state index in [1.807, 2.05) is 55.5 Å². The number of hydrogen-bond acceptors (Lipinski definition) is 4. The number of hydrogen-bond donors (Lipinski definition) is 0. The van der Waals surface area contributed by atoms with Crippen LogP contribution in [0.25, 0.3) is 0 Å². The minimum atomic E-state index is -0.281. The number of methoxy groups -OCH3 is 2. The van der Waals surface area contributed by atoms with Gasteiger partial charge in [-0.05, 0) is 36.6 Å². The van der Waals surface area contributed by atoms with Crippen LogP contribution in [0.4, 0.5) is 4.79 Å². The Morgan fingerprint density at radius 3 is 2.36 bits per heavy atom. The lowest BCUT2D eigenvalue weighted by Gasteiger charge is -2.24. The zero-order valence-corrected chi connectivity index (χ0v) is 16.7. The minimum Gasteiger partial charge on any atom is -0.493 e. The number of benzene rings is 2. The Labute approximate surface area is 165 Å². The number of rotatable bonds is 6. The lowest BCUT2D eigenvalue weighted by molar-refractivity contribution is -0.129. The Morgan fingerprint density at radius 1 is 1.04 bits per heavy atom. The average Bonchev–Trinajstić information content (AvgIpc) is 2.96. The van der Waals surface area contributed by atoms with E-state index >= 15 is 0 Å². The van der Waals surface area contributed by atoms with Gasteiger partial charge in [0.2, 0.25) is 5.91 Å². The highest BCUT2D eigenvalue weighted by Gasteiger charge is 2.45. The van der Waals surface area contributed by atoms with Crippen LogP contribution in [0.3, 0.4) is 0 Å². The van der Waals surface area contributed by atoms with Crippen LogP contribution in [0.2, 0.25) is 0 Å². The highest BCUT2D eigenvalue weighted by Crippen LogP contribution is 2.35. The monoisotopic (exact) mass is 382 g/mol. The summed E-state index contributed by atoms with van der Waals surface area (Å²) in [5, 5.41) is 0. The van der Waals surface area contributed by atoms with Gasteiger partial charge in [0, 0.05) is 13.5 Å². The largest absolute Gasteiger partial charge is 0.493 e. The fraction of sp³-hybridized carbons (Fsp3) is 0.364. The maximum atomic E-state index is 13.0. The second-order valence-electron chi connectivity index (χ2n) is 6.94. The number of carbonyl (C=O) groups is 2. The predicted octanol–water partition coefficient (Wildman–Crippen LogP) is 3.66. The van der Waals surface area contributed by atoms with E-state index in [9.17, 15) is 9.59 Å². The number of imide groups is 1. The molecule has 2 aromatic rings. The summed E-state index contributed by atoms with van der Waals surface area (Å²) in [6.45, 7) is 1.97. The molecule has 6 nitrogen and oxygen atoms in total. The third-order valence-electron chi connectivity index (χ3n) is 5.34. The van der Waals surface area contributed by atoms with Gasteiger partial charge >= 0.3 is 6.03 Å². The molecule has 6 heteroatoms. The van der Waals surface area contributed by atoms with Gasteiger partial charge in [-0.15, -0.1) is 0 Å². The molecule has 0 saturated carbocycles. The number of urea groups is 1. The molecule has 0 N–H and O–H groups in total. The highest BCUT2D eigenvalue weighted by molar-refractivity contribution is 5.97. The molecule has 0 aromatic heterocycles. The Hall–Kier alpha value is -3.02. The Kier molecular flexibility index (Phi) is 5.87. The molecule has 1 heterocycles.